The van der Waals surface area contributed by atoms with Gasteiger partial charge in [-0.1, -0.05) is 0 Å². The summed E-state index contributed by atoms with van der Waals surface area (Å²) in [5.41, 5.74) is 1.33. The molecule has 1 saturated heterocycles. The maximum absolute atomic E-state index is 11.8. The van der Waals surface area contributed by atoms with Crippen molar-refractivity contribution < 1.29 is 14.3 Å². The minimum atomic E-state index is -0.288. The molecule has 0 bridgehead atoms. The molecule has 0 radical (unpaired) electrons. The summed E-state index contributed by atoms with van der Waals surface area (Å²) in [6, 6.07) is 6.87. The lowest BCUT2D eigenvalue weighted by molar-refractivity contribution is 0.0486. The first kappa shape index (κ1) is 12.0. The summed E-state index contributed by atoms with van der Waals surface area (Å²) in [6.07, 6.45) is 2.33. The third kappa shape index (κ3) is 2.70. The predicted octanol–water partition coefficient (Wildman–Crippen LogP) is 1.78. The van der Waals surface area contributed by atoms with Crippen LogP contribution in [0.4, 0.5) is 10.5 Å². The van der Waals surface area contributed by atoms with Gasteiger partial charge in [0.2, 0.25) is 0 Å². The van der Waals surface area contributed by atoms with Gasteiger partial charge in [-0.2, -0.15) is 0 Å². The van der Waals surface area contributed by atoms with Crippen LogP contribution in [0.1, 0.15) is 23.2 Å². The van der Waals surface area contributed by atoms with E-state index in [9.17, 15) is 9.59 Å². The van der Waals surface area contributed by atoms with E-state index in [1.54, 1.807) is 29.2 Å². The van der Waals surface area contributed by atoms with Gasteiger partial charge in [-0.05, 0) is 43.0 Å². The zero-order chi connectivity index (χ0) is 13.2. The molecule has 5 heteroatoms. The van der Waals surface area contributed by atoms with E-state index in [1.807, 2.05) is 0 Å². The zero-order valence-electron chi connectivity index (χ0n) is 10.6. The van der Waals surface area contributed by atoms with E-state index < -0.39 is 0 Å². The topological polar surface area (TPSA) is 58.6 Å². The summed E-state index contributed by atoms with van der Waals surface area (Å²) in [5, 5.41) is 2.74. The number of amides is 2. The van der Waals surface area contributed by atoms with Crippen LogP contribution in [0.5, 0.6) is 0 Å². The Morgan fingerprint density at radius 1 is 1.32 bits per heavy atom. The summed E-state index contributed by atoms with van der Waals surface area (Å²) in [5.74, 6) is 0.279. The number of anilines is 1. The molecular weight excluding hydrogens is 244 g/mol. The van der Waals surface area contributed by atoms with Gasteiger partial charge in [-0.25, -0.2) is 9.59 Å². The number of carbonyl (C=O) groups is 2. The summed E-state index contributed by atoms with van der Waals surface area (Å²) in [6.45, 7) is 1.84. The van der Waals surface area contributed by atoms with Crippen LogP contribution in [0, 0.1) is 5.92 Å². The van der Waals surface area contributed by atoms with Crippen LogP contribution in [0.25, 0.3) is 0 Å². The minimum absolute atomic E-state index is 0.0935. The van der Waals surface area contributed by atoms with Crippen LogP contribution in [0.15, 0.2) is 24.3 Å². The lowest BCUT2D eigenvalue weighted by Crippen LogP contribution is -2.27. The molecule has 0 unspecified atom stereocenters. The number of esters is 1. The first-order chi connectivity index (χ1) is 9.24. The maximum atomic E-state index is 11.8. The van der Waals surface area contributed by atoms with E-state index in [0.29, 0.717) is 31.2 Å². The lowest BCUT2D eigenvalue weighted by Gasteiger charge is -2.14. The Bertz CT molecular complexity index is 494. The van der Waals surface area contributed by atoms with E-state index in [1.165, 1.54) is 0 Å². The molecule has 0 spiro atoms. The van der Waals surface area contributed by atoms with Crippen molar-refractivity contribution in [1.29, 1.82) is 0 Å². The molecule has 1 saturated carbocycles. The van der Waals surface area contributed by atoms with Crippen LogP contribution in [-0.4, -0.2) is 31.7 Å². The van der Waals surface area contributed by atoms with Gasteiger partial charge in [-0.3, -0.25) is 4.90 Å². The smallest absolute Gasteiger partial charge is 0.338 e. The molecule has 0 aromatic heterocycles. The van der Waals surface area contributed by atoms with Crippen molar-refractivity contribution in [1.82, 2.24) is 5.32 Å². The van der Waals surface area contributed by atoms with Crippen LogP contribution >= 0.6 is 0 Å². The highest BCUT2D eigenvalue weighted by Gasteiger charge is 2.24. The highest BCUT2D eigenvalue weighted by atomic mass is 16.5. The molecule has 100 valence electrons. The molecule has 2 amide bonds. The van der Waals surface area contributed by atoms with Gasteiger partial charge in [0.15, 0.2) is 0 Å². The average molecular weight is 260 g/mol. The number of carbonyl (C=O) groups excluding carboxylic acids is 2. The monoisotopic (exact) mass is 260 g/mol. The second kappa shape index (κ2) is 4.91. The predicted molar refractivity (Wildman–Crippen MR) is 70.2 cm³/mol. The van der Waals surface area contributed by atoms with Crippen molar-refractivity contribution in [3.05, 3.63) is 29.8 Å². The van der Waals surface area contributed by atoms with Gasteiger partial charge in [0.1, 0.15) is 0 Å². The highest BCUT2D eigenvalue weighted by molar-refractivity contribution is 5.95. The van der Waals surface area contributed by atoms with E-state index in [2.05, 4.69) is 5.32 Å². The van der Waals surface area contributed by atoms with Gasteiger partial charge in [0, 0.05) is 18.8 Å². The molecular formula is C14H16N2O3. The molecule has 1 aromatic carbocycles. The number of hydrogen-bond donors (Lipinski definition) is 1. The third-order valence-electron chi connectivity index (χ3n) is 3.42. The lowest BCUT2D eigenvalue weighted by atomic mass is 10.2. The average Bonchev–Trinajstić information content (AvgIpc) is 3.17. The summed E-state index contributed by atoms with van der Waals surface area (Å²) < 4.78 is 5.21. The zero-order valence-corrected chi connectivity index (χ0v) is 10.6. The third-order valence-corrected chi connectivity index (χ3v) is 3.42. The van der Waals surface area contributed by atoms with Crippen molar-refractivity contribution in [2.75, 3.05) is 24.6 Å². The van der Waals surface area contributed by atoms with Crippen molar-refractivity contribution in [3.63, 3.8) is 0 Å². The van der Waals surface area contributed by atoms with Gasteiger partial charge < -0.3 is 10.1 Å². The van der Waals surface area contributed by atoms with Gasteiger partial charge in [0.05, 0.1) is 12.2 Å². The second-order valence-corrected chi connectivity index (χ2v) is 4.97. The molecule has 1 heterocycles. The Balaban J connectivity index is 1.64. The van der Waals surface area contributed by atoms with E-state index in [0.717, 1.165) is 18.5 Å². The number of rotatable bonds is 4. The maximum Gasteiger partial charge on any atom is 0.338 e. The molecule has 3 rings (SSSR count). The largest absolute Gasteiger partial charge is 0.462 e. The van der Waals surface area contributed by atoms with E-state index >= 15 is 0 Å². The molecule has 1 aromatic rings. The summed E-state index contributed by atoms with van der Waals surface area (Å²) in [7, 11) is 0. The number of hydrogen-bond acceptors (Lipinski definition) is 3. The highest BCUT2D eigenvalue weighted by Crippen LogP contribution is 2.29. The number of urea groups is 1. The van der Waals surface area contributed by atoms with Crippen LogP contribution in [0.3, 0.4) is 0 Å². The van der Waals surface area contributed by atoms with E-state index in [4.69, 9.17) is 4.74 Å². The fraction of sp³-hybridized carbons (Fsp3) is 0.429. The number of ether oxygens (including phenoxy) is 1. The number of benzene rings is 1. The van der Waals surface area contributed by atoms with Crippen LogP contribution in [0.2, 0.25) is 0 Å². The van der Waals surface area contributed by atoms with Crippen molar-refractivity contribution in [2.24, 2.45) is 5.92 Å². The standard InChI is InChI=1S/C14H16N2O3/c17-13(19-9-10-1-2-10)11-3-5-12(6-4-11)16-8-7-15-14(16)18/h3-6,10H,1-2,7-9H2,(H,15,18). The van der Waals surface area contributed by atoms with Crippen LogP contribution < -0.4 is 10.2 Å². The fourth-order valence-electron chi connectivity index (χ4n) is 2.06. The normalized spacial score (nSPS) is 18.3. The first-order valence-electron chi connectivity index (χ1n) is 6.56. The molecule has 0 atom stereocenters. The summed E-state index contributed by atoms with van der Waals surface area (Å²) in [4.78, 5) is 24.9. The Hall–Kier alpha value is -2.04. The number of nitrogens with one attached hydrogen (secondary N) is 1. The van der Waals surface area contributed by atoms with Crippen molar-refractivity contribution >= 4 is 17.7 Å². The van der Waals surface area contributed by atoms with Gasteiger partial charge in [0.25, 0.3) is 0 Å². The summed E-state index contributed by atoms with van der Waals surface area (Å²) >= 11 is 0. The fourth-order valence-corrected chi connectivity index (χ4v) is 2.06. The Morgan fingerprint density at radius 3 is 2.63 bits per heavy atom. The Kier molecular flexibility index (Phi) is 3.11. The quantitative estimate of drug-likeness (QED) is 0.839. The molecule has 5 nitrogen and oxygen atoms in total. The molecule has 1 N–H and O–H groups in total. The van der Waals surface area contributed by atoms with Crippen molar-refractivity contribution in [3.8, 4) is 0 Å². The second-order valence-electron chi connectivity index (χ2n) is 4.97. The molecule has 1 aliphatic carbocycles. The SMILES string of the molecule is O=C(OCC1CC1)c1ccc(N2CCNC2=O)cc1. The number of nitrogens with zero attached hydrogens (tertiary/aromatic N) is 1. The first-order valence-corrected chi connectivity index (χ1v) is 6.56. The van der Waals surface area contributed by atoms with Gasteiger partial charge >= 0.3 is 12.0 Å². The minimum Gasteiger partial charge on any atom is -0.462 e. The molecule has 2 fully saturated rings. The van der Waals surface area contributed by atoms with E-state index in [-0.39, 0.29) is 12.0 Å². The molecule has 2 aliphatic rings. The Morgan fingerprint density at radius 2 is 2.05 bits per heavy atom. The van der Waals surface area contributed by atoms with Gasteiger partial charge in [-0.15, -0.1) is 0 Å². The molecule has 1 aliphatic heterocycles. The molecule has 19 heavy (non-hydrogen) atoms. The van der Waals surface area contributed by atoms with Crippen molar-refractivity contribution in [2.45, 2.75) is 12.8 Å². The Labute approximate surface area is 111 Å². The van der Waals surface area contributed by atoms with Crippen LogP contribution in [-0.2, 0) is 4.74 Å².